The first-order valence-corrected chi connectivity index (χ1v) is 14.1. The molecule has 226 valence electrons. The van der Waals surface area contributed by atoms with Gasteiger partial charge in [-0.1, -0.05) is 60.7 Å². The van der Waals surface area contributed by atoms with Gasteiger partial charge in [-0.2, -0.15) is 9.97 Å². The molecular formula is C30H32N10O4. The Kier molecular flexibility index (Phi) is 7.25. The number of hydrogen-bond acceptors (Lipinski definition) is 8. The highest BCUT2D eigenvalue weighted by Gasteiger charge is 2.22. The number of rotatable bonds is 9. The molecule has 0 unspecified atom stereocenters. The molecule has 0 saturated heterocycles. The van der Waals surface area contributed by atoms with Gasteiger partial charge in [-0.3, -0.25) is 27.9 Å². The monoisotopic (exact) mass is 596 g/mol. The lowest BCUT2D eigenvalue weighted by Crippen LogP contribution is -2.38. The Balaban J connectivity index is 1.47. The Morgan fingerprint density at radius 1 is 0.545 bits per heavy atom. The van der Waals surface area contributed by atoms with Gasteiger partial charge in [0.05, 0.1) is 0 Å². The van der Waals surface area contributed by atoms with E-state index in [2.05, 4.69) is 20.6 Å². The number of benzene rings is 2. The second kappa shape index (κ2) is 11.2. The molecule has 4 aromatic heterocycles. The van der Waals surface area contributed by atoms with Gasteiger partial charge in [-0.15, -0.1) is 0 Å². The maximum atomic E-state index is 13.4. The van der Waals surface area contributed by atoms with Crippen LogP contribution in [0.2, 0.25) is 0 Å². The van der Waals surface area contributed by atoms with E-state index < -0.39 is 22.5 Å². The molecule has 2 aromatic carbocycles. The zero-order chi connectivity index (χ0) is 31.1. The maximum Gasteiger partial charge on any atom is 0.332 e. The molecule has 0 atom stereocenters. The van der Waals surface area contributed by atoms with Gasteiger partial charge in [0.1, 0.15) is 0 Å². The van der Waals surface area contributed by atoms with Crippen LogP contribution in [0.25, 0.3) is 22.3 Å². The van der Waals surface area contributed by atoms with E-state index in [0.29, 0.717) is 25.0 Å². The third-order valence-electron chi connectivity index (χ3n) is 7.83. The minimum absolute atomic E-state index is 0.193. The van der Waals surface area contributed by atoms with Crippen LogP contribution in [0.15, 0.2) is 79.8 Å². The summed E-state index contributed by atoms with van der Waals surface area (Å²) >= 11 is 0. The molecule has 6 rings (SSSR count). The molecule has 0 fully saturated rings. The zero-order valence-electron chi connectivity index (χ0n) is 24.8. The number of anilines is 2. The molecule has 14 heteroatoms. The van der Waals surface area contributed by atoms with Gasteiger partial charge < -0.3 is 19.8 Å². The fraction of sp³-hybridized carbons (Fsp3) is 0.267. The van der Waals surface area contributed by atoms with Crippen LogP contribution in [-0.2, 0) is 54.4 Å². The first kappa shape index (κ1) is 28.5. The first-order valence-electron chi connectivity index (χ1n) is 14.1. The lowest BCUT2D eigenvalue weighted by molar-refractivity contribution is 0.598. The van der Waals surface area contributed by atoms with Gasteiger partial charge in [-0.25, -0.2) is 9.59 Å². The summed E-state index contributed by atoms with van der Waals surface area (Å²) in [5, 5.41) is 6.63. The number of imidazole rings is 2. The summed E-state index contributed by atoms with van der Waals surface area (Å²) in [7, 11) is 6.00. The fourth-order valence-corrected chi connectivity index (χ4v) is 5.35. The fourth-order valence-electron chi connectivity index (χ4n) is 5.35. The van der Waals surface area contributed by atoms with Crippen molar-refractivity contribution in [2.24, 2.45) is 28.2 Å². The van der Waals surface area contributed by atoms with Crippen molar-refractivity contribution in [3.8, 4) is 0 Å². The predicted molar refractivity (Wildman–Crippen MR) is 168 cm³/mol. The minimum atomic E-state index is -0.487. The van der Waals surface area contributed by atoms with Gasteiger partial charge in [0.2, 0.25) is 11.9 Å². The van der Waals surface area contributed by atoms with Crippen LogP contribution >= 0.6 is 0 Å². The molecule has 6 aromatic rings. The smallest absolute Gasteiger partial charge is 0.332 e. The molecule has 14 nitrogen and oxygen atoms in total. The van der Waals surface area contributed by atoms with Crippen molar-refractivity contribution < 1.29 is 0 Å². The van der Waals surface area contributed by atoms with Crippen LogP contribution in [0, 0.1) is 0 Å². The van der Waals surface area contributed by atoms with E-state index in [-0.39, 0.29) is 35.4 Å². The Morgan fingerprint density at radius 3 is 1.27 bits per heavy atom. The summed E-state index contributed by atoms with van der Waals surface area (Å²) in [6.45, 7) is 1.25. The molecular weight excluding hydrogens is 564 g/mol. The van der Waals surface area contributed by atoms with Crippen LogP contribution in [0.3, 0.4) is 0 Å². The van der Waals surface area contributed by atoms with Crippen molar-refractivity contribution in [1.82, 2.24) is 37.4 Å². The summed E-state index contributed by atoms with van der Waals surface area (Å²) in [6.07, 6.45) is 0. The molecule has 2 N–H and O–H groups in total. The number of hydrogen-bond donors (Lipinski definition) is 2. The topological polar surface area (TPSA) is 148 Å². The largest absolute Gasteiger partial charge is 0.352 e. The van der Waals surface area contributed by atoms with Gasteiger partial charge in [0.15, 0.2) is 22.3 Å². The highest BCUT2D eigenvalue weighted by atomic mass is 16.2. The summed E-state index contributed by atoms with van der Waals surface area (Å²) in [4.78, 5) is 61.6. The van der Waals surface area contributed by atoms with E-state index in [9.17, 15) is 19.2 Å². The summed E-state index contributed by atoms with van der Waals surface area (Å²) in [5.41, 5.74) is 1.03. The summed E-state index contributed by atoms with van der Waals surface area (Å²) < 4.78 is 8.22. The Labute approximate surface area is 250 Å². The molecule has 4 heterocycles. The highest BCUT2D eigenvalue weighted by molar-refractivity contribution is 5.75. The minimum Gasteiger partial charge on any atom is -0.352 e. The van der Waals surface area contributed by atoms with Crippen molar-refractivity contribution in [3.63, 3.8) is 0 Å². The van der Waals surface area contributed by atoms with Crippen LogP contribution in [0.1, 0.15) is 11.1 Å². The van der Waals surface area contributed by atoms with Crippen molar-refractivity contribution >= 4 is 34.2 Å². The molecule has 0 radical (unpaired) electrons. The van der Waals surface area contributed by atoms with Gasteiger partial charge in [0.25, 0.3) is 11.1 Å². The second-order valence-corrected chi connectivity index (χ2v) is 10.6. The molecule has 0 amide bonds. The van der Waals surface area contributed by atoms with Crippen LogP contribution in [0.4, 0.5) is 11.9 Å². The van der Waals surface area contributed by atoms with Crippen LogP contribution in [-0.4, -0.2) is 37.4 Å². The van der Waals surface area contributed by atoms with Crippen molar-refractivity contribution in [2.45, 2.75) is 26.2 Å². The molecule has 0 spiro atoms. The van der Waals surface area contributed by atoms with Crippen molar-refractivity contribution in [1.29, 1.82) is 0 Å². The Bertz CT molecular complexity index is 2090. The lowest BCUT2D eigenvalue weighted by Gasteiger charge is -2.14. The van der Waals surface area contributed by atoms with Crippen molar-refractivity contribution in [2.75, 3.05) is 10.6 Å². The SMILES string of the molecule is Cn1c(=O)c2c(nc(NCc3ccccc3)n2CCn2c(NCc3ccccc3)nc3c2c(=O)n(C)c(=O)n3C)n(C)c1=O. The number of nitrogens with one attached hydrogen (secondary N) is 2. The molecule has 0 aliphatic carbocycles. The second-order valence-electron chi connectivity index (χ2n) is 10.6. The number of fused-ring (bicyclic) bond motifs is 2. The van der Waals surface area contributed by atoms with E-state index in [4.69, 9.17) is 0 Å². The number of aromatic nitrogens is 8. The standard InChI is InChI=1S/C30H32N10O4/c1-35-23-21(25(41)37(3)29(35)43)39(27(33-23)31-17-19-11-7-5-8-12-19)15-16-40-22-24(36(2)30(44)38(4)26(22)42)34-28(40)32-18-20-13-9-6-10-14-20/h5-14H,15-18H2,1-4H3,(H,31,33)(H,32,34). The first-order chi connectivity index (χ1) is 21.2. The molecule has 0 aliphatic rings. The van der Waals surface area contributed by atoms with Crippen LogP contribution in [0.5, 0.6) is 0 Å². The molecule has 0 bridgehead atoms. The Hall–Kier alpha value is -5.66. The normalized spacial score (nSPS) is 11.5. The quantitative estimate of drug-likeness (QED) is 0.252. The van der Waals surface area contributed by atoms with Crippen LogP contribution < -0.4 is 33.1 Å². The zero-order valence-corrected chi connectivity index (χ0v) is 24.8. The van der Waals surface area contributed by atoms with Gasteiger partial charge in [-0.05, 0) is 11.1 Å². The van der Waals surface area contributed by atoms with Gasteiger partial charge >= 0.3 is 11.4 Å². The van der Waals surface area contributed by atoms with E-state index in [1.807, 2.05) is 60.7 Å². The number of aryl methyl sites for hydroxylation is 4. The van der Waals surface area contributed by atoms with Gasteiger partial charge in [0, 0.05) is 54.4 Å². The third-order valence-corrected chi connectivity index (χ3v) is 7.83. The summed E-state index contributed by atoms with van der Waals surface area (Å²) in [5.74, 6) is 0.788. The average molecular weight is 597 g/mol. The molecule has 44 heavy (non-hydrogen) atoms. The Morgan fingerprint density at radius 2 is 0.909 bits per heavy atom. The number of nitrogens with zero attached hydrogens (tertiary/aromatic N) is 8. The predicted octanol–water partition coefficient (Wildman–Crippen LogP) is 1.11. The average Bonchev–Trinajstić information content (AvgIpc) is 3.60. The molecule has 0 aliphatic heterocycles. The van der Waals surface area contributed by atoms with E-state index in [1.54, 1.807) is 23.2 Å². The third kappa shape index (κ3) is 4.79. The lowest BCUT2D eigenvalue weighted by atomic mass is 10.2. The van der Waals surface area contributed by atoms with E-state index >= 15 is 0 Å². The molecule has 0 saturated carbocycles. The summed E-state index contributed by atoms with van der Waals surface area (Å²) in [6, 6.07) is 19.5. The van der Waals surface area contributed by atoms with Crippen molar-refractivity contribution in [3.05, 3.63) is 113 Å². The highest BCUT2D eigenvalue weighted by Crippen LogP contribution is 2.21. The van der Waals surface area contributed by atoms with E-state index in [1.165, 1.54) is 23.2 Å². The maximum absolute atomic E-state index is 13.4. The van der Waals surface area contributed by atoms with E-state index in [0.717, 1.165) is 20.3 Å².